The van der Waals surface area contributed by atoms with E-state index in [-0.39, 0.29) is 12.4 Å². The van der Waals surface area contributed by atoms with Gasteiger partial charge in [-0.3, -0.25) is 4.79 Å². The first-order chi connectivity index (χ1) is 14.0. The summed E-state index contributed by atoms with van der Waals surface area (Å²) in [6.45, 7) is 4.06. The Labute approximate surface area is 168 Å². The number of para-hydroxylation sites is 3. The molecule has 29 heavy (non-hydrogen) atoms. The quantitative estimate of drug-likeness (QED) is 0.574. The van der Waals surface area contributed by atoms with Crippen molar-refractivity contribution in [2.75, 3.05) is 19.0 Å². The number of benzene rings is 2. The molecule has 0 unspecified atom stereocenters. The molecule has 1 amide bonds. The van der Waals surface area contributed by atoms with E-state index < -0.39 is 18.0 Å². The maximum absolute atomic E-state index is 12.7. The molecule has 0 saturated carbocycles. The molecule has 2 aromatic carbocycles. The van der Waals surface area contributed by atoms with Crippen LogP contribution in [0.3, 0.4) is 0 Å². The molecule has 3 rings (SSSR count). The second kappa shape index (κ2) is 9.25. The maximum Gasteiger partial charge on any atom is 0.375 e. The number of esters is 1. The Bertz CT molecular complexity index is 1010. The first-order valence-corrected chi connectivity index (χ1v) is 9.28. The zero-order valence-electron chi connectivity index (χ0n) is 16.6. The van der Waals surface area contributed by atoms with Crippen molar-refractivity contribution in [1.29, 1.82) is 0 Å². The van der Waals surface area contributed by atoms with Crippen LogP contribution in [0.5, 0.6) is 5.75 Å². The van der Waals surface area contributed by atoms with Crippen molar-refractivity contribution in [1.82, 2.24) is 0 Å². The Kier molecular flexibility index (Phi) is 6.51. The minimum absolute atomic E-state index is 0.0385. The SMILES string of the molecule is CCOCc1c(C(=O)O[C@H](C)C(=O)Nc2ccccc2OC)oc2ccccc12. The van der Waals surface area contributed by atoms with Crippen LogP contribution in [0.25, 0.3) is 11.0 Å². The van der Waals surface area contributed by atoms with E-state index in [1.54, 1.807) is 30.3 Å². The van der Waals surface area contributed by atoms with Gasteiger partial charge < -0.3 is 23.9 Å². The van der Waals surface area contributed by atoms with Crippen LogP contribution in [-0.2, 0) is 20.9 Å². The summed E-state index contributed by atoms with van der Waals surface area (Å²) in [6, 6.07) is 14.3. The van der Waals surface area contributed by atoms with E-state index in [1.165, 1.54) is 14.0 Å². The minimum Gasteiger partial charge on any atom is -0.495 e. The Hall–Kier alpha value is -3.32. The fourth-order valence-electron chi connectivity index (χ4n) is 2.86. The highest BCUT2D eigenvalue weighted by molar-refractivity contribution is 6.00. The lowest BCUT2D eigenvalue weighted by atomic mass is 10.1. The van der Waals surface area contributed by atoms with Gasteiger partial charge in [0.25, 0.3) is 5.91 Å². The van der Waals surface area contributed by atoms with Crippen molar-refractivity contribution in [2.24, 2.45) is 0 Å². The maximum atomic E-state index is 12.7. The molecule has 152 valence electrons. The Morgan fingerprint density at radius 2 is 1.83 bits per heavy atom. The number of nitrogens with one attached hydrogen (secondary N) is 1. The van der Waals surface area contributed by atoms with Gasteiger partial charge in [-0.15, -0.1) is 0 Å². The highest BCUT2D eigenvalue weighted by Gasteiger charge is 2.26. The van der Waals surface area contributed by atoms with E-state index in [0.29, 0.717) is 29.2 Å². The summed E-state index contributed by atoms with van der Waals surface area (Å²) in [4.78, 5) is 25.2. The van der Waals surface area contributed by atoms with E-state index in [9.17, 15) is 9.59 Å². The lowest BCUT2D eigenvalue weighted by Gasteiger charge is -2.15. The fourth-order valence-corrected chi connectivity index (χ4v) is 2.86. The van der Waals surface area contributed by atoms with Gasteiger partial charge in [0, 0.05) is 17.6 Å². The highest BCUT2D eigenvalue weighted by atomic mass is 16.6. The molecule has 0 aliphatic carbocycles. The van der Waals surface area contributed by atoms with E-state index in [0.717, 1.165) is 5.39 Å². The number of hydrogen-bond acceptors (Lipinski definition) is 6. The van der Waals surface area contributed by atoms with E-state index in [2.05, 4.69) is 5.32 Å². The summed E-state index contributed by atoms with van der Waals surface area (Å²) in [5.74, 6) is -0.656. The largest absolute Gasteiger partial charge is 0.495 e. The molecule has 0 spiro atoms. The summed E-state index contributed by atoms with van der Waals surface area (Å²) in [6.07, 6.45) is -1.04. The van der Waals surface area contributed by atoms with Crippen molar-refractivity contribution < 1.29 is 28.2 Å². The van der Waals surface area contributed by atoms with Gasteiger partial charge in [0.05, 0.1) is 19.4 Å². The van der Waals surface area contributed by atoms with Crippen LogP contribution in [0.1, 0.15) is 30.0 Å². The van der Waals surface area contributed by atoms with Gasteiger partial charge in [-0.2, -0.15) is 0 Å². The first kappa shape index (κ1) is 20.4. The molecule has 3 aromatic rings. The average molecular weight is 397 g/mol. The van der Waals surface area contributed by atoms with Crippen LogP contribution in [0.15, 0.2) is 52.9 Å². The van der Waals surface area contributed by atoms with E-state index >= 15 is 0 Å². The number of rotatable bonds is 8. The first-order valence-electron chi connectivity index (χ1n) is 9.28. The van der Waals surface area contributed by atoms with Crippen molar-refractivity contribution in [3.05, 3.63) is 59.9 Å². The van der Waals surface area contributed by atoms with Crippen LogP contribution < -0.4 is 10.1 Å². The zero-order valence-corrected chi connectivity index (χ0v) is 16.6. The summed E-state index contributed by atoms with van der Waals surface area (Å²) in [7, 11) is 1.51. The van der Waals surface area contributed by atoms with Gasteiger partial charge in [-0.1, -0.05) is 30.3 Å². The predicted octanol–water partition coefficient (Wildman–Crippen LogP) is 4.16. The molecule has 1 atom stereocenters. The third kappa shape index (κ3) is 4.57. The molecule has 0 bridgehead atoms. The molecule has 0 aliphatic rings. The average Bonchev–Trinajstić information content (AvgIpc) is 3.11. The number of amides is 1. The molecule has 1 N–H and O–H groups in total. The number of hydrogen-bond donors (Lipinski definition) is 1. The Balaban J connectivity index is 1.76. The second-order valence-electron chi connectivity index (χ2n) is 6.28. The van der Waals surface area contributed by atoms with Gasteiger partial charge in [0.15, 0.2) is 6.10 Å². The molecular weight excluding hydrogens is 374 g/mol. The lowest BCUT2D eigenvalue weighted by molar-refractivity contribution is -0.123. The minimum atomic E-state index is -1.04. The fraction of sp³-hybridized carbons (Fsp3) is 0.273. The molecule has 0 aliphatic heterocycles. The summed E-state index contributed by atoms with van der Waals surface area (Å²) >= 11 is 0. The zero-order chi connectivity index (χ0) is 20.8. The summed E-state index contributed by atoms with van der Waals surface area (Å²) in [5, 5.41) is 3.47. The van der Waals surface area contributed by atoms with E-state index in [1.807, 2.05) is 25.1 Å². The smallest absolute Gasteiger partial charge is 0.375 e. The molecular formula is C22H23NO6. The number of methoxy groups -OCH3 is 1. The number of anilines is 1. The molecule has 7 nitrogen and oxygen atoms in total. The van der Waals surface area contributed by atoms with Crippen molar-refractivity contribution in [3.8, 4) is 5.75 Å². The van der Waals surface area contributed by atoms with Crippen molar-refractivity contribution in [2.45, 2.75) is 26.6 Å². The second-order valence-corrected chi connectivity index (χ2v) is 6.28. The van der Waals surface area contributed by atoms with Crippen LogP contribution in [-0.4, -0.2) is 31.7 Å². The molecule has 0 fully saturated rings. The molecule has 0 saturated heterocycles. The number of ether oxygens (including phenoxy) is 3. The number of furan rings is 1. The topological polar surface area (TPSA) is 87.0 Å². The van der Waals surface area contributed by atoms with Crippen LogP contribution in [0.2, 0.25) is 0 Å². The standard InChI is InChI=1S/C22H23NO6/c1-4-27-13-16-15-9-5-7-11-18(15)29-20(16)22(25)28-14(2)21(24)23-17-10-6-8-12-19(17)26-3/h5-12,14H,4,13H2,1-3H3,(H,23,24)/t14-/m1/s1. The lowest BCUT2D eigenvalue weighted by Crippen LogP contribution is -2.30. The Morgan fingerprint density at radius 1 is 1.10 bits per heavy atom. The van der Waals surface area contributed by atoms with Gasteiger partial charge in [0.1, 0.15) is 11.3 Å². The third-order valence-corrected chi connectivity index (χ3v) is 4.35. The predicted molar refractivity (Wildman–Crippen MR) is 108 cm³/mol. The molecule has 1 aromatic heterocycles. The van der Waals surface area contributed by atoms with Crippen LogP contribution >= 0.6 is 0 Å². The molecule has 1 heterocycles. The molecule has 0 radical (unpaired) electrons. The summed E-state index contributed by atoms with van der Waals surface area (Å²) in [5.41, 5.74) is 1.65. The van der Waals surface area contributed by atoms with Gasteiger partial charge in [0.2, 0.25) is 5.76 Å². The van der Waals surface area contributed by atoms with Crippen molar-refractivity contribution >= 4 is 28.5 Å². The number of fused-ring (bicyclic) bond motifs is 1. The number of carbonyl (C=O) groups excluding carboxylic acids is 2. The highest BCUT2D eigenvalue weighted by Crippen LogP contribution is 2.28. The summed E-state index contributed by atoms with van der Waals surface area (Å²) < 4.78 is 21.7. The number of carbonyl (C=O) groups is 2. The van der Waals surface area contributed by atoms with E-state index in [4.69, 9.17) is 18.6 Å². The van der Waals surface area contributed by atoms with Gasteiger partial charge >= 0.3 is 5.97 Å². The normalized spacial score (nSPS) is 11.8. The Morgan fingerprint density at radius 3 is 2.59 bits per heavy atom. The van der Waals surface area contributed by atoms with Gasteiger partial charge in [-0.05, 0) is 32.0 Å². The van der Waals surface area contributed by atoms with Gasteiger partial charge in [-0.25, -0.2) is 4.79 Å². The monoisotopic (exact) mass is 397 g/mol. The molecule has 7 heteroatoms. The third-order valence-electron chi connectivity index (χ3n) is 4.35. The van der Waals surface area contributed by atoms with Crippen LogP contribution in [0, 0.1) is 0 Å². The van der Waals surface area contributed by atoms with Crippen molar-refractivity contribution in [3.63, 3.8) is 0 Å². The van der Waals surface area contributed by atoms with Crippen LogP contribution in [0.4, 0.5) is 5.69 Å².